The Morgan fingerprint density at radius 2 is 1.79 bits per heavy atom. The second kappa shape index (κ2) is 11.3. The molecule has 0 aromatic heterocycles. The van der Waals surface area contributed by atoms with Gasteiger partial charge < -0.3 is 15.0 Å². The molecule has 0 bridgehead atoms. The molecule has 0 heterocycles. The lowest BCUT2D eigenvalue weighted by atomic mass is 10.2. The molecule has 1 N–H and O–H groups in total. The van der Waals surface area contributed by atoms with Gasteiger partial charge in [-0.2, -0.15) is 0 Å². The Kier molecular flexibility index (Phi) is 9.74. The van der Waals surface area contributed by atoms with E-state index in [2.05, 4.69) is 10.3 Å². The van der Waals surface area contributed by atoms with Crippen LogP contribution in [0.4, 0.5) is 0 Å². The maximum Gasteiger partial charge on any atom is 0.194 e. The van der Waals surface area contributed by atoms with Gasteiger partial charge in [0.1, 0.15) is 5.75 Å². The third-order valence-electron chi connectivity index (χ3n) is 4.06. The smallest absolute Gasteiger partial charge is 0.194 e. The Morgan fingerprint density at radius 1 is 1.14 bits per heavy atom. The molecule has 2 aromatic rings. The summed E-state index contributed by atoms with van der Waals surface area (Å²) in [7, 11) is 0.455. The minimum Gasteiger partial charge on any atom is -0.496 e. The molecule has 0 aliphatic heterocycles. The predicted molar refractivity (Wildman–Crippen MR) is 124 cm³/mol. The second-order valence-electron chi connectivity index (χ2n) is 6.25. The summed E-state index contributed by atoms with van der Waals surface area (Å²) < 4.78 is 28.5. The van der Waals surface area contributed by atoms with E-state index in [0.29, 0.717) is 18.0 Å². The van der Waals surface area contributed by atoms with Crippen LogP contribution in [0.25, 0.3) is 0 Å². The number of benzene rings is 2. The zero-order valence-electron chi connectivity index (χ0n) is 16.7. The molecular formula is C20H28IN3O3S. The number of halogens is 1. The molecule has 0 radical (unpaired) electrons. The van der Waals surface area contributed by atoms with Crippen molar-refractivity contribution in [1.29, 1.82) is 0 Å². The summed E-state index contributed by atoms with van der Waals surface area (Å²) in [5.41, 5.74) is 2.02. The van der Waals surface area contributed by atoms with E-state index in [1.165, 1.54) is 6.26 Å². The number of para-hydroxylation sites is 1. The molecule has 2 rings (SSSR count). The van der Waals surface area contributed by atoms with Crippen LogP contribution in [0, 0.1) is 0 Å². The normalized spacial score (nSPS) is 11.5. The summed E-state index contributed by atoms with van der Waals surface area (Å²) in [6.07, 6.45) is 1.20. The maximum absolute atomic E-state index is 11.6. The number of guanidine groups is 1. The highest BCUT2D eigenvalue weighted by atomic mass is 127. The van der Waals surface area contributed by atoms with E-state index in [1.54, 1.807) is 31.4 Å². The first-order valence-electron chi connectivity index (χ1n) is 8.75. The van der Waals surface area contributed by atoms with Gasteiger partial charge in [-0.1, -0.05) is 30.3 Å². The van der Waals surface area contributed by atoms with Crippen molar-refractivity contribution in [2.45, 2.75) is 24.9 Å². The van der Waals surface area contributed by atoms with E-state index in [9.17, 15) is 8.42 Å². The lowest BCUT2D eigenvalue weighted by molar-refractivity contribution is 0.396. The van der Waals surface area contributed by atoms with E-state index in [-0.39, 0.29) is 24.0 Å². The van der Waals surface area contributed by atoms with Gasteiger partial charge in [-0.3, -0.25) is 0 Å². The van der Waals surface area contributed by atoms with Crippen LogP contribution in [0.1, 0.15) is 18.1 Å². The fourth-order valence-electron chi connectivity index (χ4n) is 2.64. The average molecular weight is 517 g/mol. The summed E-state index contributed by atoms with van der Waals surface area (Å²) in [6.45, 7) is 3.89. The summed E-state index contributed by atoms with van der Waals surface area (Å²) >= 11 is 0. The van der Waals surface area contributed by atoms with Gasteiger partial charge in [0.15, 0.2) is 15.8 Å². The van der Waals surface area contributed by atoms with Crippen LogP contribution in [-0.2, 0) is 22.9 Å². The van der Waals surface area contributed by atoms with Crippen molar-refractivity contribution >= 4 is 39.8 Å². The monoisotopic (exact) mass is 517 g/mol. The van der Waals surface area contributed by atoms with Gasteiger partial charge >= 0.3 is 0 Å². The largest absolute Gasteiger partial charge is 0.496 e. The first-order valence-corrected chi connectivity index (χ1v) is 10.6. The number of nitrogens with one attached hydrogen (secondary N) is 1. The maximum atomic E-state index is 11.6. The standard InChI is InChI=1S/C20H27N3O3S.HI/c1-5-21-20(23(2)15-17-8-6-7-9-19(17)26-3)22-14-16-10-12-18(13-11-16)27(4,24)25;/h6-13H,5,14-15H2,1-4H3,(H,21,22);1H. The molecule has 154 valence electrons. The molecule has 28 heavy (non-hydrogen) atoms. The van der Waals surface area contributed by atoms with Crippen LogP contribution in [-0.4, -0.2) is 46.2 Å². The third kappa shape index (κ3) is 6.97. The van der Waals surface area contributed by atoms with Crippen molar-refractivity contribution in [3.05, 3.63) is 59.7 Å². The van der Waals surface area contributed by atoms with E-state index in [4.69, 9.17) is 4.74 Å². The molecule has 0 saturated carbocycles. The summed E-state index contributed by atoms with van der Waals surface area (Å²) in [6, 6.07) is 14.7. The van der Waals surface area contributed by atoms with Gasteiger partial charge in [0.05, 0.1) is 18.6 Å². The van der Waals surface area contributed by atoms with Gasteiger partial charge in [0.2, 0.25) is 0 Å². The van der Waals surface area contributed by atoms with Gasteiger partial charge in [-0.05, 0) is 30.7 Å². The molecule has 2 aromatic carbocycles. The third-order valence-corrected chi connectivity index (χ3v) is 5.19. The predicted octanol–water partition coefficient (Wildman–Crippen LogP) is 3.31. The molecule has 0 aliphatic rings. The van der Waals surface area contributed by atoms with Gasteiger partial charge in [0.25, 0.3) is 0 Å². The lowest BCUT2D eigenvalue weighted by Crippen LogP contribution is -2.38. The molecule has 0 unspecified atom stereocenters. The SMILES string of the molecule is CCNC(=NCc1ccc(S(C)(=O)=O)cc1)N(C)Cc1ccccc1OC.I. The Balaban J connectivity index is 0.00000392. The molecule has 0 atom stereocenters. The Morgan fingerprint density at radius 3 is 2.36 bits per heavy atom. The van der Waals surface area contributed by atoms with Crippen LogP contribution < -0.4 is 10.1 Å². The summed E-state index contributed by atoms with van der Waals surface area (Å²) in [5, 5.41) is 3.29. The number of nitrogens with zero attached hydrogens (tertiary/aromatic N) is 2. The number of hydrogen-bond acceptors (Lipinski definition) is 4. The van der Waals surface area contributed by atoms with Crippen molar-refractivity contribution in [1.82, 2.24) is 10.2 Å². The molecule has 6 nitrogen and oxygen atoms in total. The van der Waals surface area contributed by atoms with E-state index in [0.717, 1.165) is 29.4 Å². The number of rotatable bonds is 7. The minimum absolute atomic E-state index is 0. The zero-order valence-corrected chi connectivity index (χ0v) is 19.8. The fourth-order valence-corrected chi connectivity index (χ4v) is 3.27. The summed E-state index contributed by atoms with van der Waals surface area (Å²) in [5.74, 6) is 1.62. The van der Waals surface area contributed by atoms with Crippen molar-refractivity contribution in [2.75, 3.05) is 27.0 Å². The van der Waals surface area contributed by atoms with Crippen LogP contribution >= 0.6 is 24.0 Å². The average Bonchev–Trinajstić information content (AvgIpc) is 2.65. The zero-order chi connectivity index (χ0) is 19.9. The van der Waals surface area contributed by atoms with Crippen LogP contribution in [0.5, 0.6) is 5.75 Å². The van der Waals surface area contributed by atoms with Crippen LogP contribution in [0.15, 0.2) is 58.4 Å². The topological polar surface area (TPSA) is 71.0 Å². The molecule has 0 aliphatic carbocycles. The van der Waals surface area contributed by atoms with Crippen molar-refractivity contribution in [2.24, 2.45) is 4.99 Å². The molecule has 0 amide bonds. The minimum atomic E-state index is -3.18. The van der Waals surface area contributed by atoms with Crippen molar-refractivity contribution in [3.8, 4) is 5.75 Å². The van der Waals surface area contributed by atoms with E-state index < -0.39 is 9.84 Å². The molecule has 8 heteroatoms. The number of hydrogen-bond donors (Lipinski definition) is 1. The first kappa shape index (κ1) is 24.2. The fraction of sp³-hybridized carbons (Fsp3) is 0.350. The molecule has 0 saturated heterocycles. The molecule has 0 spiro atoms. The Labute approximate surface area is 184 Å². The van der Waals surface area contributed by atoms with Gasteiger partial charge in [-0.15, -0.1) is 24.0 Å². The highest BCUT2D eigenvalue weighted by Gasteiger charge is 2.10. The van der Waals surface area contributed by atoms with E-state index in [1.807, 2.05) is 43.1 Å². The second-order valence-corrected chi connectivity index (χ2v) is 8.27. The summed E-state index contributed by atoms with van der Waals surface area (Å²) in [4.78, 5) is 7.02. The van der Waals surface area contributed by atoms with Crippen molar-refractivity contribution < 1.29 is 13.2 Å². The van der Waals surface area contributed by atoms with Crippen LogP contribution in [0.2, 0.25) is 0 Å². The van der Waals surface area contributed by atoms with Crippen LogP contribution in [0.3, 0.4) is 0 Å². The molecule has 0 fully saturated rings. The Bertz CT molecular complexity index is 884. The van der Waals surface area contributed by atoms with Crippen molar-refractivity contribution in [3.63, 3.8) is 0 Å². The van der Waals surface area contributed by atoms with E-state index >= 15 is 0 Å². The molecular weight excluding hydrogens is 489 g/mol. The number of methoxy groups -OCH3 is 1. The van der Waals surface area contributed by atoms with Gasteiger partial charge in [0, 0.05) is 32.0 Å². The number of aliphatic imine (C=N–C) groups is 1. The lowest BCUT2D eigenvalue weighted by Gasteiger charge is -2.23. The van der Waals surface area contributed by atoms with Gasteiger partial charge in [-0.25, -0.2) is 13.4 Å². The highest BCUT2D eigenvalue weighted by molar-refractivity contribution is 14.0. The Hall–Kier alpha value is -1.81. The number of ether oxygens (including phenoxy) is 1. The first-order chi connectivity index (χ1) is 12.8. The quantitative estimate of drug-likeness (QED) is 0.347. The highest BCUT2D eigenvalue weighted by Crippen LogP contribution is 2.19. The number of sulfone groups is 1.